The molecule has 0 N–H and O–H groups in total. The average Bonchev–Trinajstić information content (AvgIpc) is 3.16. The summed E-state index contributed by atoms with van der Waals surface area (Å²) in [7, 11) is 2.76. The summed E-state index contributed by atoms with van der Waals surface area (Å²) in [6.45, 7) is 4.22. The molecule has 1 amide bonds. The van der Waals surface area contributed by atoms with Crippen molar-refractivity contribution in [3.8, 4) is 11.5 Å². The average molecular weight is 423 g/mol. The van der Waals surface area contributed by atoms with E-state index in [2.05, 4.69) is 4.74 Å². The fourth-order valence-corrected chi connectivity index (χ4v) is 3.42. The number of esters is 2. The maximum Gasteiger partial charge on any atom is 0.330 e. The van der Waals surface area contributed by atoms with E-state index in [1.807, 2.05) is 32.0 Å². The molecule has 1 unspecified atom stereocenters. The molecule has 1 fully saturated rings. The van der Waals surface area contributed by atoms with E-state index in [4.69, 9.17) is 9.47 Å². The first-order chi connectivity index (χ1) is 14.8. The third-order valence-corrected chi connectivity index (χ3v) is 5.34. The number of anilines is 1. The van der Waals surface area contributed by atoms with Crippen LogP contribution in [0.1, 0.15) is 23.1 Å². The highest BCUT2D eigenvalue weighted by molar-refractivity contribution is 6.00. The number of aryl methyl sites for hydroxylation is 1. The molecule has 1 aliphatic rings. The van der Waals surface area contributed by atoms with E-state index in [-0.39, 0.29) is 24.6 Å². The standard InChI is InChI=1S/C24H25NO6/c1-15-6-5-7-19(16(15)2)25-14-18(13-22(25)26)24(28)31-20-10-8-17(12-21(20)29-3)9-11-23(27)30-4/h5-12,18H,13-14H2,1-4H3/b11-9+. The summed E-state index contributed by atoms with van der Waals surface area (Å²) in [4.78, 5) is 38.2. The van der Waals surface area contributed by atoms with Gasteiger partial charge in [-0.25, -0.2) is 4.79 Å². The summed E-state index contributed by atoms with van der Waals surface area (Å²) in [6.07, 6.45) is 2.94. The van der Waals surface area contributed by atoms with Gasteiger partial charge in [-0.15, -0.1) is 0 Å². The number of methoxy groups -OCH3 is 2. The predicted octanol–water partition coefficient (Wildman–Crippen LogP) is 3.46. The van der Waals surface area contributed by atoms with E-state index in [1.54, 1.807) is 29.2 Å². The molecule has 7 heteroatoms. The van der Waals surface area contributed by atoms with Gasteiger partial charge in [0.25, 0.3) is 0 Å². The van der Waals surface area contributed by atoms with Crippen LogP contribution in [0.2, 0.25) is 0 Å². The number of hydrogen-bond acceptors (Lipinski definition) is 6. The lowest BCUT2D eigenvalue weighted by molar-refractivity contribution is -0.139. The molecule has 162 valence electrons. The molecule has 2 aromatic carbocycles. The molecule has 2 aromatic rings. The van der Waals surface area contributed by atoms with Crippen LogP contribution >= 0.6 is 0 Å². The first-order valence-electron chi connectivity index (χ1n) is 9.86. The van der Waals surface area contributed by atoms with Crippen LogP contribution in [0.5, 0.6) is 11.5 Å². The fourth-order valence-electron chi connectivity index (χ4n) is 3.42. The quantitative estimate of drug-likeness (QED) is 0.402. The molecule has 1 aliphatic heterocycles. The van der Waals surface area contributed by atoms with Crippen molar-refractivity contribution in [1.82, 2.24) is 0 Å². The van der Waals surface area contributed by atoms with Gasteiger partial charge in [-0.1, -0.05) is 18.2 Å². The minimum absolute atomic E-state index is 0.0917. The van der Waals surface area contributed by atoms with Crippen molar-refractivity contribution in [2.24, 2.45) is 5.92 Å². The Kier molecular flexibility index (Phi) is 6.74. The summed E-state index contributed by atoms with van der Waals surface area (Å²) in [5.74, 6) is -1.05. The van der Waals surface area contributed by atoms with Gasteiger partial charge in [0.15, 0.2) is 11.5 Å². The van der Waals surface area contributed by atoms with Crippen molar-refractivity contribution in [3.63, 3.8) is 0 Å². The maximum atomic E-state index is 12.8. The normalized spacial score (nSPS) is 15.9. The fraction of sp³-hybridized carbons (Fsp3) is 0.292. The van der Waals surface area contributed by atoms with Gasteiger partial charge in [-0.3, -0.25) is 9.59 Å². The van der Waals surface area contributed by atoms with Crippen LogP contribution < -0.4 is 14.4 Å². The zero-order chi connectivity index (χ0) is 22.5. The number of carbonyl (C=O) groups excluding carboxylic acids is 3. The molecule has 0 radical (unpaired) electrons. The lowest BCUT2D eigenvalue weighted by atomic mass is 10.1. The number of hydrogen-bond donors (Lipinski definition) is 0. The molecule has 3 rings (SSSR count). The van der Waals surface area contributed by atoms with E-state index in [9.17, 15) is 14.4 Å². The second-order valence-corrected chi connectivity index (χ2v) is 7.31. The van der Waals surface area contributed by atoms with Crippen LogP contribution in [0.15, 0.2) is 42.5 Å². The van der Waals surface area contributed by atoms with Crippen molar-refractivity contribution in [1.29, 1.82) is 0 Å². The summed E-state index contributed by atoms with van der Waals surface area (Å²) < 4.78 is 15.4. The van der Waals surface area contributed by atoms with Gasteiger partial charge in [-0.2, -0.15) is 0 Å². The van der Waals surface area contributed by atoms with Crippen molar-refractivity contribution in [3.05, 3.63) is 59.2 Å². The number of nitrogens with zero attached hydrogens (tertiary/aromatic N) is 1. The van der Waals surface area contributed by atoms with Crippen LogP contribution in [0.4, 0.5) is 5.69 Å². The van der Waals surface area contributed by atoms with Crippen LogP contribution in [-0.2, 0) is 19.1 Å². The van der Waals surface area contributed by atoms with Crippen LogP contribution in [0.3, 0.4) is 0 Å². The molecular formula is C24H25NO6. The number of rotatable bonds is 6. The predicted molar refractivity (Wildman–Crippen MR) is 116 cm³/mol. The van der Waals surface area contributed by atoms with E-state index >= 15 is 0 Å². The summed E-state index contributed by atoms with van der Waals surface area (Å²) in [5.41, 5.74) is 3.60. The number of ether oxygens (including phenoxy) is 3. The Hall–Kier alpha value is -3.61. The third-order valence-electron chi connectivity index (χ3n) is 5.34. The van der Waals surface area contributed by atoms with Gasteiger partial charge in [0.1, 0.15) is 0 Å². The van der Waals surface area contributed by atoms with E-state index in [0.29, 0.717) is 11.3 Å². The van der Waals surface area contributed by atoms with Crippen molar-refractivity contribution in [2.45, 2.75) is 20.3 Å². The Bertz CT molecular complexity index is 1040. The van der Waals surface area contributed by atoms with E-state index in [0.717, 1.165) is 16.8 Å². The van der Waals surface area contributed by atoms with Gasteiger partial charge in [-0.05, 0) is 54.8 Å². The van der Waals surface area contributed by atoms with Crippen LogP contribution in [0.25, 0.3) is 6.08 Å². The second kappa shape index (κ2) is 9.47. The molecule has 0 saturated carbocycles. The van der Waals surface area contributed by atoms with E-state index in [1.165, 1.54) is 20.3 Å². The molecular weight excluding hydrogens is 398 g/mol. The van der Waals surface area contributed by atoms with Crippen LogP contribution in [-0.4, -0.2) is 38.6 Å². The molecule has 1 saturated heterocycles. The Morgan fingerprint density at radius 2 is 1.87 bits per heavy atom. The second-order valence-electron chi connectivity index (χ2n) is 7.31. The molecule has 0 bridgehead atoms. The smallest absolute Gasteiger partial charge is 0.330 e. The number of carbonyl (C=O) groups is 3. The highest BCUT2D eigenvalue weighted by atomic mass is 16.6. The number of benzene rings is 2. The zero-order valence-electron chi connectivity index (χ0n) is 18.0. The summed E-state index contributed by atoms with van der Waals surface area (Å²) >= 11 is 0. The highest BCUT2D eigenvalue weighted by Crippen LogP contribution is 2.33. The molecule has 1 atom stereocenters. The molecule has 7 nitrogen and oxygen atoms in total. The van der Waals surface area contributed by atoms with E-state index < -0.39 is 17.9 Å². The molecule has 0 spiro atoms. The zero-order valence-corrected chi connectivity index (χ0v) is 18.0. The molecule has 0 aromatic heterocycles. The number of amides is 1. The minimum Gasteiger partial charge on any atom is -0.493 e. The topological polar surface area (TPSA) is 82.1 Å². The molecule has 1 heterocycles. The Labute approximate surface area is 181 Å². The Morgan fingerprint density at radius 1 is 1.10 bits per heavy atom. The van der Waals surface area contributed by atoms with Gasteiger partial charge in [0, 0.05) is 24.7 Å². The van der Waals surface area contributed by atoms with Crippen molar-refractivity contribution >= 4 is 29.6 Å². The first-order valence-corrected chi connectivity index (χ1v) is 9.86. The van der Waals surface area contributed by atoms with Gasteiger partial charge < -0.3 is 19.1 Å². The molecule has 0 aliphatic carbocycles. The van der Waals surface area contributed by atoms with Gasteiger partial charge >= 0.3 is 11.9 Å². The van der Waals surface area contributed by atoms with Crippen molar-refractivity contribution in [2.75, 3.05) is 25.7 Å². The Balaban J connectivity index is 1.73. The van der Waals surface area contributed by atoms with Crippen LogP contribution in [0, 0.1) is 19.8 Å². The molecule has 31 heavy (non-hydrogen) atoms. The van der Waals surface area contributed by atoms with Crippen molar-refractivity contribution < 1.29 is 28.6 Å². The first kappa shape index (κ1) is 22.1. The van der Waals surface area contributed by atoms with Gasteiger partial charge in [0.05, 0.1) is 20.1 Å². The summed E-state index contributed by atoms with van der Waals surface area (Å²) in [6, 6.07) is 10.7. The lowest BCUT2D eigenvalue weighted by Crippen LogP contribution is -2.28. The monoisotopic (exact) mass is 423 g/mol. The maximum absolute atomic E-state index is 12.8. The lowest BCUT2D eigenvalue weighted by Gasteiger charge is -2.20. The third kappa shape index (κ3) is 4.94. The highest BCUT2D eigenvalue weighted by Gasteiger charge is 2.37. The Morgan fingerprint density at radius 3 is 2.58 bits per heavy atom. The van der Waals surface area contributed by atoms with Gasteiger partial charge in [0.2, 0.25) is 5.91 Å². The summed E-state index contributed by atoms with van der Waals surface area (Å²) in [5, 5.41) is 0. The SMILES string of the molecule is COC(=O)/C=C/c1ccc(OC(=O)C2CC(=O)N(c3cccc(C)c3C)C2)c(OC)c1. The largest absolute Gasteiger partial charge is 0.493 e. The minimum atomic E-state index is -0.573.